The lowest BCUT2D eigenvalue weighted by molar-refractivity contribution is 0.106. The van der Waals surface area contributed by atoms with Gasteiger partial charge in [-0.3, -0.25) is 4.90 Å². The molecule has 0 radical (unpaired) electrons. The van der Waals surface area contributed by atoms with Crippen LogP contribution in [-0.4, -0.2) is 17.5 Å². The van der Waals surface area contributed by atoms with Crippen molar-refractivity contribution >= 4 is 0 Å². The van der Waals surface area contributed by atoms with E-state index in [1.54, 1.807) is 0 Å². The van der Waals surface area contributed by atoms with E-state index in [0.717, 1.165) is 18.0 Å². The smallest absolute Gasteiger partial charge is 0.0991 e. The zero-order valence-electron chi connectivity index (χ0n) is 11.6. The molecule has 2 rings (SSSR count). The molecule has 0 bridgehead atoms. The summed E-state index contributed by atoms with van der Waals surface area (Å²) >= 11 is 0. The van der Waals surface area contributed by atoms with Gasteiger partial charge in [0.05, 0.1) is 11.6 Å². The first-order chi connectivity index (χ1) is 8.61. The maximum absolute atomic E-state index is 8.89. The summed E-state index contributed by atoms with van der Waals surface area (Å²) in [6, 6.07) is 8.90. The van der Waals surface area contributed by atoms with Crippen molar-refractivity contribution in [3.63, 3.8) is 0 Å². The van der Waals surface area contributed by atoms with Gasteiger partial charge in [-0.05, 0) is 62.4 Å². The number of piperidine rings is 1. The van der Waals surface area contributed by atoms with Gasteiger partial charge in [0, 0.05) is 12.6 Å². The highest BCUT2D eigenvalue weighted by Crippen LogP contribution is 2.25. The van der Waals surface area contributed by atoms with Crippen LogP contribution in [-0.2, 0) is 6.54 Å². The lowest BCUT2D eigenvalue weighted by Crippen LogP contribution is -2.41. The zero-order valence-corrected chi connectivity index (χ0v) is 11.6. The Morgan fingerprint density at radius 1 is 1.39 bits per heavy atom. The quantitative estimate of drug-likeness (QED) is 0.793. The molecule has 1 heterocycles. The van der Waals surface area contributed by atoms with Gasteiger partial charge in [0.2, 0.25) is 0 Å². The maximum atomic E-state index is 8.89. The Hall–Kier alpha value is -1.33. The third-order valence-corrected chi connectivity index (χ3v) is 4.35. The molecule has 0 aliphatic carbocycles. The van der Waals surface area contributed by atoms with Crippen LogP contribution in [0.3, 0.4) is 0 Å². The monoisotopic (exact) mass is 242 g/mol. The molecule has 0 N–H and O–H groups in total. The highest BCUT2D eigenvalue weighted by Gasteiger charge is 2.24. The number of hydrogen-bond donors (Lipinski definition) is 0. The largest absolute Gasteiger partial charge is 0.296 e. The predicted octanol–water partition coefficient (Wildman–Crippen LogP) is 3.49. The number of hydrogen-bond acceptors (Lipinski definition) is 2. The normalized spacial score (nSPS) is 24.8. The number of nitrogens with zero attached hydrogens (tertiary/aromatic N) is 2. The summed E-state index contributed by atoms with van der Waals surface area (Å²) in [5.74, 6) is 0.789. The van der Waals surface area contributed by atoms with E-state index in [2.05, 4.69) is 37.8 Å². The minimum atomic E-state index is 0.661. The van der Waals surface area contributed by atoms with E-state index in [4.69, 9.17) is 5.26 Å². The van der Waals surface area contributed by atoms with Gasteiger partial charge < -0.3 is 0 Å². The molecule has 0 spiro atoms. The van der Waals surface area contributed by atoms with E-state index in [1.807, 2.05) is 12.1 Å². The molecule has 0 saturated carbocycles. The minimum Gasteiger partial charge on any atom is -0.296 e. The highest BCUT2D eigenvalue weighted by atomic mass is 15.2. The average Bonchev–Trinajstić information content (AvgIpc) is 2.37. The Labute approximate surface area is 110 Å². The fourth-order valence-electron chi connectivity index (χ4n) is 2.81. The number of benzene rings is 1. The summed E-state index contributed by atoms with van der Waals surface area (Å²) in [4.78, 5) is 2.57. The fourth-order valence-corrected chi connectivity index (χ4v) is 2.81. The molecule has 1 aromatic carbocycles. The van der Waals surface area contributed by atoms with E-state index in [0.29, 0.717) is 6.04 Å². The average molecular weight is 242 g/mol. The van der Waals surface area contributed by atoms with Crippen LogP contribution in [0, 0.1) is 24.2 Å². The fraction of sp³-hybridized carbons (Fsp3) is 0.562. The van der Waals surface area contributed by atoms with Gasteiger partial charge in [-0.1, -0.05) is 13.0 Å². The van der Waals surface area contributed by atoms with E-state index in [-0.39, 0.29) is 0 Å². The van der Waals surface area contributed by atoms with Crippen molar-refractivity contribution in [2.75, 3.05) is 6.54 Å². The third-order valence-electron chi connectivity index (χ3n) is 4.35. The first-order valence-corrected chi connectivity index (χ1v) is 6.85. The molecule has 18 heavy (non-hydrogen) atoms. The van der Waals surface area contributed by atoms with Crippen molar-refractivity contribution < 1.29 is 0 Å². The van der Waals surface area contributed by atoms with E-state index in [9.17, 15) is 0 Å². The molecule has 1 saturated heterocycles. The summed E-state index contributed by atoms with van der Waals surface area (Å²) in [5.41, 5.74) is 3.35. The predicted molar refractivity (Wildman–Crippen MR) is 74.2 cm³/mol. The summed E-state index contributed by atoms with van der Waals surface area (Å²) in [6.07, 6.45) is 2.66. The molecule has 2 atom stereocenters. The SMILES string of the molecule is Cc1cc(C#N)ccc1CN1CCCC(C)C1C. The van der Waals surface area contributed by atoms with Gasteiger partial charge in [-0.15, -0.1) is 0 Å². The van der Waals surface area contributed by atoms with Crippen molar-refractivity contribution in [3.8, 4) is 6.07 Å². The van der Waals surface area contributed by atoms with Crippen LogP contribution >= 0.6 is 0 Å². The Balaban J connectivity index is 2.12. The van der Waals surface area contributed by atoms with Gasteiger partial charge in [0.25, 0.3) is 0 Å². The molecule has 1 aliphatic heterocycles. The molecule has 96 valence electrons. The highest BCUT2D eigenvalue weighted by molar-refractivity contribution is 5.37. The number of nitriles is 1. The summed E-state index contributed by atoms with van der Waals surface area (Å²) in [5, 5.41) is 8.89. The van der Waals surface area contributed by atoms with Crippen LogP contribution in [0.2, 0.25) is 0 Å². The molecule has 2 nitrogen and oxygen atoms in total. The van der Waals surface area contributed by atoms with Crippen molar-refractivity contribution in [1.29, 1.82) is 5.26 Å². The summed E-state index contributed by atoms with van der Waals surface area (Å²) < 4.78 is 0. The van der Waals surface area contributed by atoms with Crippen molar-refractivity contribution in [3.05, 3.63) is 34.9 Å². The van der Waals surface area contributed by atoms with E-state index in [1.165, 1.54) is 30.5 Å². The standard InChI is InChI=1S/C16H22N2/c1-12-5-4-8-18(14(12)3)11-16-7-6-15(10-17)9-13(16)2/h6-7,9,12,14H,4-5,8,11H2,1-3H3. The second kappa shape index (κ2) is 5.54. The van der Waals surface area contributed by atoms with Crippen molar-refractivity contribution in [2.45, 2.75) is 46.2 Å². The van der Waals surface area contributed by atoms with Gasteiger partial charge in [0.15, 0.2) is 0 Å². The number of likely N-dealkylation sites (tertiary alicyclic amines) is 1. The molecule has 1 aliphatic rings. The van der Waals surface area contributed by atoms with Crippen LogP contribution in [0.4, 0.5) is 0 Å². The first kappa shape index (κ1) is 13.1. The first-order valence-electron chi connectivity index (χ1n) is 6.85. The van der Waals surface area contributed by atoms with Crippen LogP contribution < -0.4 is 0 Å². The van der Waals surface area contributed by atoms with Gasteiger partial charge in [-0.2, -0.15) is 5.26 Å². The van der Waals surface area contributed by atoms with Gasteiger partial charge >= 0.3 is 0 Å². The Kier molecular flexibility index (Phi) is 4.04. The lowest BCUT2D eigenvalue weighted by Gasteiger charge is -2.38. The maximum Gasteiger partial charge on any atom is 0.0991 e. The number of aryl methyl sites for hydroxylation is 1. The van der Waals surface area contributed by atoms with Crippen LogP contribution in [0.15, 0.2) is 18.2 Å². The van der Waals surface area contributed by atoms with Crippen LogP contribution in [0.25, 0.3) is 0 Å². The molecule has 2 heteroatoms. The molecular weight excluding hydrogens is 220 g/mol. The van der Waals surface area contributed by atoms with Crippen molar-refractivity contribution in [1.82, 2.24) is 4.90 Å². The van der Waals surface area contributed by atoms with E-state index >= 15 is 0 Å². The second-order valence-electron chi connectivity index (χ2n) is 5.58. The second-order valence-corrected chi connectivity index (χ2v) is 5.58. The third kappa shape index (κ3) is 2.73. The lowest BCUT2D eigenvalue weighted by atomic mass is 9.91. The molecule has 2 unspecified atom stereocenters. The Morgan fingerprint density at radius 2 is 2.17 bits per heavy atom. The molecule has 1 fully saturated rings. The number of rotatable bonds is 2. The van der Waals surface area contributed by atoms with Crippen LogP contribution in [0.5, 0.6) is 0 Å². The summed E-state index contributed by atoms with van der Waals surface area (Å²) in [6.45, 7) is 9.01. The summed E-state index contributed by atoms with van der Waals surface area (Å²) in [7, 11) is 0. The van der Waals surface area contributed by atoms with E-state index < -0.39 is 0 Å². The Morgan fingerprint density at radius 3 is 2.83 bits per heavy atom. The van der Waals surface area contributed by atoms with Crippen LogP contribution in [0.1, 0.15) is 43.4 Å². The van der Waals surface area contributed by atoms with Gasteiger partial charge in [0.1, 0.15) is 0 Å². The Bertz CT molecular complexity index is 459. The zero-order chi connectivity index (χ0) is 13.1. The molecule has 0 aromatic heterocycles. The topological polar surface area (TPSA) is 27.0 Å². The van der Waals surface area contributed by atoms with Gasteiger partial charge in [-0.25, -0.2) is 0 Å². The molecule has 1 aromatic rings. The molecule has 0 amide bonds. The molecular formula is C16H22N2. The minimum absolute atomic E-state index is 0.661. The van der Waals surface area contributed by atoms with Crippen molar-refractivity contribution in [2.24, 2.45) is 5.92 Å².